The fourth-order valence-electron chi connectivity index (χ4n) is 2.81. The quantitative estimate of drug-likeness (QED) is 0.653. The number of hydrogen-bond acceptors (Lipinski definition) is 6. The van der Waals surface area contributed by atoms with E-state index in [-0.39, 0.29) is 11.4 Å². The number of anilines is 1. The van der Waals surface area contributed by atoms with Gasteiger partial charge in [0.15, 0.2) is 5.69 Å². The van der Waals surface area contributed by atoms with Crippen LogP contribution in [0.5, 0.6) is 11.5 Å². The molecule has 7 nitrogen and oxygen atoms in total. The van der Waals surface area contributed by atoms with Gasteiger partial charge in [0.2, 0.25) is 0 Å². The average molecular weight is 364 g/mol. The monoisotopic (exact) mass is 364 g/mol. The summed E-state index contributed by atoms with van der Waals surface area (Å²) in [6, 6.07) is 11.0. The van der Waals surface area contributed by atoms with Crippen LogP contribution in [0.1, 0.15) is 10.5 Å². The maximum atomic E-state index is 12.2. The van der Waals surface area contributed by atoms with E-state index in [0.29, 0.717) is 28.9 Å². The van der Waals surface area contributed by atoms with Crippen molar-refractivity contribution in [2.24, 2.45) is 0 Å². The second-order valence-electron chi connectivity index (χ2n) is 5.73. The Labute approximate surface area is 156 Å². The first-order valence-corrected chi connectivity index (χ1v) is 8.27. The molecule has 0 saturated carbocycles. The molecule has 0 aliphatic carbocycles. The topological polar surface area (TPSA) is 99.4 Å². The van der Waals surface area contributed by atoms with Gasteiger partial charge in [-0.15, -0.1) is 16.8 Å². The fraction of sp³-hybridized carbons (Fsp3) is 0.150. The lowest BCUT2D eigenvalue weighted by Crippen LogP contribution is -2.25. The third-order valence-corrected chi connectivity index (χ3v) is 4.15. The van der Waals surface area contributed by atoms with Crippen LogP contribution in [0.15, 0.2) is 49.1 Å². The Balaban J connectivity index is 2.18. The van der Waals surface area contributed by atoms with Gasteiger partial charge in [0.05, 0.1) is 19.9 Å². The van der Waals surface area contributed by atoms with Gasteiger partial charge in [0.1, 0.15) is 17.0 Å². The maximum absolute atomic E-state index is 12.2. The first-order chi connectivity index (χ1) is 13.1. The van der Waals surface area contributed by atoms with E-state index in [9.17, 15) is 4.79 Å². The van der Waals surface area contributed by atoms with Gasteiger partial charge < -0.3 is 20.5 Å². The molecule has 1 aromatic heterocycles. The molecule has 0 radical (unpaired) electrons. The van der Waals surface area contributed by atoms with E-state index in [1.54, 1.807) is 26.4 Å². The Morgan fingerprint density at radius 1 is 1.19 bits per heavy atom. The predicted octanol–water partition coefficient (Wildman–Crippen LogP) is 2.81. The van der Waals surface area contributed by atoms with Gasteiger partial charge in [0.25, 0.3) is 5.91 Å². The van der Waals surface area contributed by atoms with Crippen molar-refractivity contribution in [2.45, 2.75) is 0 Å². The zero-order chi connectivity index (χ0) is 19.4. The Kier molecular flexibility index (Phi) is 5.21. The molecule has 138 valence electrons. The molecule has 2 aromatic carbocycles. The van der Waals surface area contributed by atoms with Crippen LogP contribution < -0.4 is 20.5 Å². The van der Waals surface area contributed by atoms with Gasteiger partial charge in [-0.1, -0.05) is 24.3 Å². The van der Waals surface area contributed by atoms with Crippen molar-refractivity contribution in [2.75, 3.05) is 26.5 Å². The van der Waals surface area contributed by atoms with Gasteiger partial charge >= 0.3 is 0 Å². The smallest absolute Gasteiger partial charge is 0.274 e. The van der Waals surface area contributed by atoms with Crippen LogP contribution in [-0.2, 0) is 0 Å². The molecule has 0 aliphatic rings. The molecule has 7 heteroatoms. The minimum atomic E-state index is -0.397. The predicted molar refractivity (Wildman–Crippen MR) is 105 cm³/mol. The highest BCUT2D eigenvalue weighted by Crippen LogP contribution is 2.37. The molecule has 1 heterocycles. The SMILES string of the molecule is C=CCNC(=O)c1nnc2c(-c3cc(OC)ccc3OC)cccc2c1N. The molecule has 3 rings (SSSR count). The number of hydrogen-bond donors (Lipinski definition) is 2. The number of nitrogen functional groups attached to an aromatic ring is 1. The molecule has 0 bridgehead atoms. The maximum Gasteiger partial charge on any atom is 0.274 e. The zero-order valence-corrected chi connectivity index (χ0v) is 15.2. The largest absolute Gasteiger partial charge is 0.497 e. The summed E-state index contributed by atoms with van der Waals surface area (Å²) >= 11 is 0. The number of rotatable bonds is 6. The lowest BCUT2D eigenvalue weighted by Gasteiger charge is -2.13. The normalized spacial score (nSPS) is 10.4. The van der Waals surface area contributed by atoms with Crippen molar-refractivity contribution < 1.29 is 14.3 Å². The molecule has 0 aliphatic heterocycles. The molecule has 27 heavy (non-hydrogen) atoms. The summed E-state index contributed by atoms with van der Waals surface area (Å²) in [5.41, 5.74) is 8.71. The lowest BCUT2D eigenvalue weighted by atomic mass is 10.00. The highest BCUT2D eigenvalue weighted by Gasteiger charge is 2.18. The average Bonchev–Trinajstić information content (AvgIpc) is 2.71. The number of methoxy groups -OCH3 is 2. The number of carbonyl (C=O) groups excluding carboxylic acids is 1. The number of aromatic nitrogens is 2. The Morgan fingerprint density at radius 3 is 2.70 bits per heavy atom. The van der Waals surface area contributed by atoms with Crippen LogP contribution in [-0.4, -0.2) is 36.9 Å². The van der Waals surface area contributed by atoms with E-state index >= 15 is 0 Å². The van der Waals surface area contributed by atoms with Crippen LogP contribution in [0.2, 0.25) is 0 Å². The summed E-state index contributed by atoms with van der Waals surface area (Å²) in [4.78, 5) is 12.2. The summed E-state index contributed by atoms with van der Waals surface area (Å²) in [7, 11) is 3.19. The van der Waals surface area contributed by atoms with Crippen molar-refractivity contribution in [1.82, 2.24) is 15.5 Å². The van der Waals surface area contributed by atoms with E-state index in [4.69, 9.17) is 15.2 Å². The van der Waals surface area contributed by atoms with E-state index in [0.717, 1.165) is 11.1 Å². The third-order valence-electron chi connectivity index (χ3n) is 4.15. The summed E-state index contributed by atoms with van der Waals surface area (Å²) < 4.78 is 10.8. The van der Waals surface area contributed by atoms with Crippen LogP contribution in [0.3, 0.4) is 0 Å². The second kappa shape index (κ2) is 7.74. The highest BCUT2D eigenvalue weighted by atomic mass is 16.5. The molecule has 0 unspecified atom stereocenters. The van der Waals surface area contributed by atoms with Crippen molar-refractivity contribution in [1.29, 1.82) is 0 Å². The number of benzene rings is 2. The van der Waals surface area contributed by atoms with Crippen molar-refractivity contribution in [3.63, 3.8) is 0 Å². The number of nitrogens with zero attached hydrogens (tertiary/aromatic N) is 2. The minimum Gasteiger partial charge on any atom is -0.497 e. The number of amides is 1. The third kappa shape index (κ3) is 3.39. The summed E-state index contributed by atoms with van der Waals surface area (Å²) in [6.45, 7) is 3.89. The number of fused-ring (bicyclic) bond motifs is 1. The molecule has 3 aromatic rings. The van der Waals surface area contributed by atoms with Crippen molar-refractivity contribution >= 4 is 22.5 Å². The molecule has 0 saturated heterocycles. The Hall–Kier alpha value is -3.61. The Morgan fingerprint density at radius 2 is 2.00 bits per heavy atom. The van der Waals surface area contributed by atoms with E-state index in [2.05, 4.69) is 22.1 Å². The zero-order valence-electron chi connectivity index (χ0n) is 15.2. The second-order valence-corrected chi connectivity index (χ2v) is 5.73. The minimum absolute atomic E-state index is 0.0825. The molecular formula is C20H20N4O3. The fourth-order valence-corrected chi connectivity index (χ4v) is 2.81. The van der Waals surface area contributed by atoms with Crippen molar-refractivity contribution in [3.8, 4) is 22.6 Å². The summed E-state index contributed by atoms with van der Waals surface area (Å²) in [5, 5.41) is 11.6. The molecule has 0 atom stereocenters. The molecule has 0 spiro atoms. The molecular weight excluding hydrogens is 344 g/mol. The van der Waals surface area contributed by atoms with E-state index in [1.165, 1.54) is 0 Å². The number of nitrogens with one attached hydrogen (secondary N) is 1. The van der Waals surface area contributed by atoms with Gasteiger partial charge in [-0.3, -0.25) is 4.79 Å². The van der Waals surface area contributed by atoms with Gasteiger partial charge in [-0.05, 0) is 18.2 Å². The van der Waals surface area contributed by atoms with E-state index in [1.807, 2.05) is 30.3 Å². The van der Waals surface area contributed by atoms with Gasteiger partial charge in [0, 0.05) is 23.1 Å². The molecule has 3 N–H and O–H groups in total. The number of carbonyl (C=O) groups is 1. The van der Waals surface area contributed by atoms with Crippen LogP contribution in [0.4, 0.5) is 5.69 Å². The van der Waals surface area contributed by atoms with Crippen LogP contribution in [0, 0.1) is 0 Å². The van der Waals surface area contributed by atoms with Crippen LogP contribution >= 0.6 is 0 Å². The van der Waals surface area contributed by atoms with Gasteiger partial charge in [-0.2, -0.15) is 0 Å². The van der Waals surface area contributed by atoms with Gasteiger partial charge in [-0.25, -0.2) is 0 Å². The Bertz CT molecular complexity index is 1020. The molecule has 0 fully saturated rings. The van der Waals surface area contributed by atoms with E-state index < -0.39 is 5.91 Å². The first kappa shape index (κ1) is 18.2. The highest BCUT2D eigenvalue weighted by molar-refractivity contribution is 6.07. The first-order valence-electron chi connectivity index (χ1n) is 8.27. The lowest BCUT2D eigenvalue weighted by molar-refractivity contribution is 0.0953. The summed E-state index contributed by atoms with van der Waals surface area (Å²) in [6.07, 6.45) is 1.58. The van der Waals surface area contributed by atoms with Crippen LogP contribution in [0.25, 0.3) is 22.0 Å². The number of ether oxygens (including phenoxy) is 2. The standard InChI is InChI=1S/C20H20N4O3/c1-4-10-22-20(25)19-17(21)14-7-5-6-13(18(14)23-24-19)15-11-12(26-2)8-9-16(15)27-3/h4-9,11H,1,10H2,2-3H3,(H2,21,23)(H,22,25). The van der Waals surface area contributed by atoms with Crippen molar-refractivity contribution in [3.05, 3.63) is 54.7 Å². The number of nitrogens with two attached hydrogens (primary N) is 1. The molecule has 1 amide bonds. The summed E-state index contributed by atoms with van der Waals surface area (Å²) in [5.74, 6) is 0.951.